The van der Waals surface area contributed by atoms with Crippen molar-refractivity contribution in [3.8, 4) is 0 Å². The Hall–Kier alpha value is -2.02. The van der Waals surface area contributed by atoms with Gasteiger partial charge in [-0.3, -0.25) is 9.69 Å². The molecule has 1 aromatic carbocycles. The molecule has 28 heavy (non-hydrogen) atoms. The standard InChI is InChI=1S/C22H27N3OS2/c1-5-24(6-2)11-12-25(20(26)10-9-18-8-7-13-27-18)22-23-19-15-16(3)14-17(4)21(19)28-22/h7-10,13-15H,5-6,11-12H2,1-4H3/b10-9+. The fourth-order valence-corrected chi connectivity index (χ4v) is 4.86. The summed E-state index contributed by atoms with van der Waals surface area (Å²) in [4.78, 5) is 23.1. The first-order valence-electron chi connectivity index (χ1n) is 9.65. The SMILES string of the molecule is CCN(CC)CCN(C(=O)/C=C/c1cccs1)c1nc2cc(C)cc(C)c2s1. The van der Waals surface area contributed by atoms with E-state index >= 15 is 0 Å². The molecule has 0 aliphatic carbocycles. The topological polar surface area (TPSA) is 36.4 Å². The van der Waals surface area contributed by atoms with Gasteiger partial charge in [-0.05, 0) is 61.7 Å². The lowest BCUT2D eigenvalue weighted by Gasteiger charge is -2.23. The summed E-state index contributed by atoms with van der Waals surface area (Å²) >= 11 is 3.23. The maximum absolute atomic E-state index is 13.0. The van der Waals surface area contributed by atoms with Crippen molar-refractivity contribution in [2.24, 2.45) is 0 Å². The predicted molar refractivity (Wildman–Crippen MR) is 123 cm³/mol. The number of rotatable bonds is 8. The second kappa shape index (κ2) is 9.45. The first kappa shape index (κ1) is 20.7. The van der Waals surface area contributed by atoms with Gasteiger partial charge in [0.15, 0.2) is 5.13 Å². The fourth-order valence-electron chi connectivity index (χ4n) is 3.19. The number of aromatic nitrogens is 1. The smallest absolute Gasteiger partial charge is 0.252 e. The Labute approximate surface area is 175 Å². The van der Waals surface area contributed by atoms with Crippen LogP contribution in [0.5, 0.6) is 0 Å². The molecule has 0 aliphatic heterocycles. The summed E-state index contributed by atoms with van der Waals surface area (Å²) < 4.78 is 1.16. The van der Waals surface area contributed by atoms with Gasteiger partial charge < -0.3 is 4.90 Å². The number of hydrogen-bond donors (Lipinski definition) is 0. The van der Waals surface area contributed by atoms with Gasteiger partial charge in [0.1, 0.15) is 0 Å². The highest BCUT2D eigenvalue weighted by molar-refractivity contribution is 7.22. The highest BCUT2D eigenvalue weighted by Crippen LogP contribution is 2.32. The van der Waals surface area contributed by atoms with Gasteiger partial charge in [0.05, 0.1) is 10.2 Å². The molecule has 0 radical (unpaired) electrons. The molecule has 0 unspecified atom stereocenters. The van der Waals surface area contributed by atoms with Crippen LogP contribution in [-0.4, -0.2) is 42.0 Å². The van der Waals surface area contributed by atoms with Gasteiger partial charge >= 0.3 is 0 Å². The Morgan fingerprint density at radius 2 is 1.96 bits per heavy atom. The molecule has 6 heteroatoms. The quantitative estimate of drug-likeness (QED) is 0.466. The average molecular weight is 414 g/mol. The maximum Gasteiger partial charge on any atom is 0.252 e. The minimum atomic E-state index is -0.0195. The van der Waals surface area contributed by atoms with Gasteiger partial charge in [-0.1, -0.05) is 37.3 Å². The highest BCUT2D eigenvalue weighted by Gasteiger charge is 2.19. The van der Waals surface area contributed by atoms with Crippen LogP contribution in [0, 0.1) is 13.8 Å². The lowest BCUT2D eigenvalue weighted by Crippen LogP contribution is -2.38. The van der Waals surface area contributed by atoms with Crippen molar-refractivity contribution in [2.75, 3.05) is 31.1 Å². The zero-order valence-corrected chi connectivity index (χ0v) is 18.6. The Morgan fingerprint density at radius 1 is 1.18 bits per heavy atom. The van der Waals surface area contributed by atoms with E-state index in [-0.39, 0.29) is 5.91 Å². The van der Waals surface area contributed by atoms with Crippen molar-refractivity contribution in [3.05, 3.63) is 51.7 Å². The number of hydrogen-bond acceptors (Lipinski definition) is 5. The molecule has 0 spiro atoms. The van der Waals surface area contributed by atoms with Crippen LogP contribution in [0.3, 0.4) is 0 Å². The first-order chi connectivity index (χ1) is 13.5. The van der Waals surface area contributed by atoms with E-state index in [0.29, 0.717) is 6.54 Å². The van der Waals surface area contributed by atoms with Crippen LogP contribution in [0.2, 0.25) is 0 Å². The van der Waals surface area contributed by atoms with E-state index in [9.17, 15) is 4.79 Å². The number of nitrogens with zero attached hydrogens (tertiary/aromatic N) is 3. The number of carbonyl (C=O) groups excluding carboxylic acids is 1. The summed E-state index contributed by atoms with van der Waals surface area (Å²) in [6, 6.07) is 8.27. The molecular weight excluding hydrogens is 386 g/mol. The highest BCUT2D eigenvalue weighted by atomic mass is 32.1. The Bertz CT molecular complexity index is 956. The van der Waals surface area contributed by atoms with Crippen molar-refractivity contribution >= 4 is 50.0 Å². The molecule has 4 nitrogen and oxygen atoms in total. The van der Waals surface area contributed by atoms with Crippen LogP contribution < -0.4 is 4.90 Å². The van der Waals surface area contributed by atoms with Crippen molar-refractivity contribution in [1.29, 1.82) is 0 Å². The average Bonchev–Trinajstić information content (AvgIpc) is 3.33. The van der Waals surface area contributed by atoms with Gasteiger partial charge in [-0.2, -0.15) is 0 Å². The van der Waals surface area contributed by atoms with Crippen molar-refractivity contribution in [2.45, 2.75) is 27.7 Å². The summed E-state index contributed by atoms with van der Waals surface area (Å²) in [6.45, 7) is 11.9. The van der Waals surface area contributed by atoms with Crippen molar-refractivity contribution < 1.29 is 4.79 Å². The molecule has 0 N–H and O–H groups in total. The van der Waals surface area contributed by atoms with Gasteiger partial charge in [-0.15, -0.1) is 11.3 Å². The second-order valence-electron chi connectivity index (χ2n) is 6.79. The number of carbonyl (C=O) groups is 1. The van der Waals surface area contributed by atoms with Crippen molar-refractivity contribution in [1.82, 2.24) is 9.88 Å². The molecular formula is C22H27N3OS2. The number of benzene rings is 1. The molecule has 1 amide bonds. The number of anilines is 1. The molecule has 0 saturated carbocycles. The van der Waals surface area contributed by atoms with E-state index in [1.807, 2.05) is 28.5 Å². The van der Waals surface area contributed by atoms with Gasteiger partial charge in [0.2, 0.25) is 0 Å². The maximum atomic E-state index is 13.0. The van der Waals surface area contributed by atoms with E-state index in [4.69, 9.17) is 4.98 Å². The number of thiazole rings is 1. The van der Waals surface area contributed by atoms with Gasteiger partial charge in [-0.25, -0.2) is 4.98 Å². The summed E-state index contributed by atoms with van der Waals surface area (Å²) in [5.74, 6) is -0.0195. The molecule has 0 bridgehead atoms. The Kier molecular flexibility index (Phi) is 6.99. The van der Waals surface area contributed by atoms with E-state index < -0.39 is 0 Å². The van der Waals surface area contributed by atoms with Gasteiger partial charge in [0, 0.05) is 24.0 Å². The van der Waals surface area contributed by atoms with E-state index in [2.05, 4.69) is 44.7 Å². The van der Waals surface area contributed by atoms with E-state index in [1.54, 1.807) is 28.7 Å². The predicted octanol–water partition coefficient (Wildman–Crippen LogP) is 5.36. The van der Waals surface area contributed by atoms with Crippen LogP contribution in [0.1, 0.15) is 29.9 Å². The molecule has 0 saturated heterocycles. The van der Waals surface area contributed by atoms with E-state index in [1.165, 1.54) is 11.1 Å². The van der Waals surface area contributed by atoms with Crippen LogP contribution >= 0.6 is 22.7 Å². The van der Waals surface area contributed by atoms with E-state index in [0.717, 1.165) is 39.9 Å². The third-order valence-corrected chi connectivity index (χ3v) is 6.84. The Morgan fingerprint density at radius 3 is 2.64 bits per heavy atom. The zero-order chi connectivity index (χ0) is 20.1. The fraction of sp³-hybridized carbons (Fsp3) is 0.364. The summed E-state index contributed by atoms with van der Waals surface area (Å²) in [6.07, 6.45) is 3.55. The molecule has 2 aromatic heterocycles. The minimum Gasteiger partial charge on any atom is -0.302 e. The third kappa shape index (κ3) is 4.87. The van der Waals surface area contributed by atoms with Crippen LogP contribution in [0.25, 0.3) is 16.3 Å². The summed E-state index contributed by atoms with van der Waals surface area (Å²) in [7, 11) is 0. The lowest BCUT2D eigenvalue weighted by atomic mass is 10.1. The summed E-state index contributed by atoms with van der Waals surface area (Å²) in [5.41, 5.74) is 3.38. The Balaban J connectivity index is 1.90. The monoisotopic (exact) mass is 413 g/mol. The third-order valence-electron chi connectivity index (χ3n) is 4.77. The second-order valence-corrected chi connectivity index (χ2v) is 8.75. The zero-order valence-electron chi connectivity index (χ0n) is 16.9. The number of fused-ring (bicyclic) bond motifs is 1. The lowest BCUT2D eigenvalue weighted by molar-refractivity contribution is -0.114. The number of amides is 1. The number of likely N-dealkylation sites (N-methyl/N-ethyl adjacent to an activating group) is 1. The van der Waals surface area contributed by atoms with Crippen LogP contribution in [0.4, 0.5) is 5.13 Å². The minimum absolute atomic E-state index is 0.0195. The van der Waals surface area contributed by atoms with Gasteiger partial charge in [0.25, 0.3) is 5.91 Å². The van der Waals surface area contributed by atoms with Crippen LogP contribution in [0.15, 0.2) is 35.7 Å². The number of thiophene rings is 1. The molecule has 3 rings (SSSR count). The number of aryl methyl sites for hydroxylation is 2. The van der Waals surface area contributed by atoms with Crippen molar-refractivity contribution in [3.63, 3.8) is 0 Å². The molecule has 2 heterocycles. The molecule has 3 aromatic rings. The first-order valence-corrected chi connectivity index (χ1v) is 11.3. The normalized spacial score (nSPS) is 11.8. The summed E-state index contributed by atoms with van der Waals surface area (Å²) in [5, 5.41) is 2.79. The van der Waals surface area contributed by atoms with Crippen LogP contribution in [-0.2, 0) is 4.79 Å². The molecule has 0 aliphatic rings. The molecule has 0 atom stereocenters. The largest absolute Gasteiger partial charge is 0.302 e. The molecule has 0 fully saturated rings. The molecule has 148 valence electrons.